The van der Waals surface area contributed by atoms with E-state index in [1.54, 1.807) is 4.57 Å². The van der Waals surface area contributed by atoms with E-state index in [1.807, 2.05) is 36.1 Å². The molecule has 152 valence electrons. The Kier molecular flexibility index (Phi) is 6.78. The highest BCUT2D eigenvalue weighted by atomic mass is 32.2. The van der Waals surface area contributed by atoms with Crippen LogP contribution in [0.15, 0.2) is 34.2 Å². The summed E-state index contributed by atoms with van der Waals surface area (Å²) in [6.07, 6.45) is 0. The summed E-state index contributed by atoms with van der Waals surface area (Å²) in [6, 6.07) is 7.42. The molecule has 1 saturated heterocycles. The predicted octanol–water partition coefficient (Wildman–Crippen LogP) is 2.70. The molecular formula is C21H30N4O2S. The first-order valence-electron chi connectivity index (χ1n) is 10.1. The van der Waals surface area contributed by atoms with E-state index in [-0.39, 0.29) is 16.7 Å². The highest BCUT2D eigenvalue weighted by Gasteiger charge is 2.26. The topological polar surface area (TPSA) is 58.4 Å². The number of fused-ring (bicyclic) bond motifs is 1. The van der Waals surface area contributed by atoms with Crippen LogP contribution in [0.1, 0.15) is 27.7 Å². The molecule has 6 nitrogen and oxygen atoms in total. The molecule has 0 saturated carbocycles. The molecule has 1 amide bonds. The fourth-order valence-electron chi connectivity index (χ4n) is 3.51. The molecule has 3 rings (SSSR count). The number of amides is 1. The molecule has 2 heterocycles. The lowest BCUT2D eigenvalue weighted by atomic mass is 10.2. The maximum Gasteiger partial charge on any atom is 0.262 e. The fourth-order valence-corrected chi connectivity index (χ4v) is 4.52. The minimum Gasteiger partial charge on any atom is -0.339 e. The summed E-state index contributed by atoms with van der Waals surface area (Å²) in [5.41, 5.74) is 0.657. The van der Waals surface area contributed by atoms with Crippen LogP contribution in [-0.4, -0.2) is 63.2 Å². The van der Waals surface area contributed by atoms with E-state index in [0.717, 1.165) is 32.7 Å². The second-order valence-electron chi connectivity index (χ2n) is 7.74. The molecule has 1 atom stereocenters. The zero-order valence-corrected chi connectivity index (χ0v) is 18.0. The second-order valence-corrected chi connectivity index (χ2v) is 9.05. The number of hydrogen-bond donors (Lipinski definition) is 0. The van der Waals surface area contributed by atoms with Gasteiger partial charge in [-0.1, -0.05) is 44.7 Å². The van der Waals surface area contributed by atoms with Gasteiger partial charge in [0.2, 0.25) is 5.91 Å². The molecule has 1 fully saturated rings. The molecule has 1 aliphatic heterocycles. The Morgan fingerprint density at radius 2 is 1.82 bits per heavy atom. The number of likely N-dealkylation sites (N-methyl/N-ethyl adjacent to an activating group) is 1. The third-order valence-electron chi connectivity index (χ3n) is 5.14. The highest BCUT2D eigenvalue weighted by molar-refractivity contribution is 8.00. The van der Waals surface area contributed by atoms with Crippen molar-refractivity contribution in [2.45, 2.75) is 44.6 Å². The summed E-state index contributed by atoms with van der Waals surface area (Å²) in [5, 5.41) is 0.979. The van der Waals surface area contributed by atoms with Gasteiger partial charge in [-0.2, -0.15) is 0 Å². The minimum atomic E-state index is -0.278. The number of hydrogen-bond acceptors (Lipinski definition) is 5. The summed E-state index contributed by atoms with van der Waals surface area (Å²) in [6.45, 7) is 13.2. The summed E-state index contributed by atoms with van der Waals surface area (Å²) in [4.78, 5) is 35.0. The van der Waals surface area contributed by atoms with E-state index in [2.05, 4.69) is 25.7 Å². The van der Waals surface area contributed by atoms with Crippen molar-refractivity contribution >= 4 is 28.6 Å². The van der Waals surface area contributed by atoms with Crippen LogP contribution in [0.2, 0.25) is 0 Å². The summed E-state index contributed by atoms with van der Waals surface area (Å²) in [7, 11) is 0. The van der Waals surface area contributed by atoms with Crippen molar-refractivity contribution in [3.05, 3.63) is 34.6 Å². The Labute approximate surface area is 170 Å². The first-order valence-corrected chi connectivity index (χ1v) is 11.0. The van der Waals surface area contributed by atoms with Crippen LogP contribution in [-0.2, 0) is 11.3 Å². The Morgan fingerprint density at radius 1 is 1.14 bits per heavy atom. The van der Waals surface area contributed by atoms with Crippen LogP contribution in [0.25, 0.3) is 10.9 Å². The van der Waals surface area contributed by atoms with Crippen molar-refractivity contribution in [2.24, 2.45) is 5.92 Å². The average molecular weight is 403 g/mol. The van der Waals surface area contributed by atoms with Crippen LogP contribution >= 0.6 is 11.8 Å². The zero-order valence-electron chi connectivity index (χ0n) is 17.2. The van der Waals surface area contributed by atoms with Crippen molar-refractivity contribution < 1.29 is 4.79 Å². The molecule has 0 aliphatic carbocycles. The molecule has 0 spiro atoms. The van der Waals surface area contributed by atoms with E-state index in [0.29, 0.717) is 28.5 Å². The molecule has 0 N–H and O–H groups in total. The van der Waals surface area contributed by atoms with Crippen molar-refractivity contribution in [1.29, 1.82) is 0 Å². The number of thioether (sulfide) groups is 1. The van der Waals surface area contributed by atoms with Gasteiger partial charge in [0.25, 0.3) is 5.56 Å². The maximum absolute atomic E-state index is 13.0. The van der Waals surface area contributed by atoms with Crippen LogP contribution in [0, 0.1) is 5.92 Å². The summed E-state index contributed by atoms with van der Waals surface area (Å²) < 4.78 is 1.73. The number of rotatable bonds is 6. The third-order valence-corrected chi connectivity index (χ3v) is 6.21. The lowest BCUT2D eigenvalue weighted by molar-refractivity contribution is -0.132. The van der Waals surface area contributed by atoms with Crippen molar-refractivity contribution in [3.8, 4) is 0 Å². The number of aromatic nitrogens is 2. The smallest absolute Gasteiger partial charge is 0.262 e. The molecule has 1 aliphatic rings. The molecule has 0 unspecified atom stereocenters. The van der Waals surface area contributed by atoms with Gasteiger partial charge in [0.1, 0.15) is 0 Å². The zero-order chi connectivity index (χ0) is 20.3. The predicted molar refractivity (Wildman–Crippen MR) is 115 cm³/mol. The van der Waals surface area contributed by atoms with E-state index < -0.39 is 0 Å². The lowest BCUT2D eigenvalue weighted by Crippen LogP contribution is -2.50. The van der Waals surface area contributed by atoms with Crippen molar-refractivity contribution in [2.75, 3.05) is 32.7 Å². The van der Waals surface area contributed by atoms with Crippen molar-refractivity contribution in [3.63, 3.8) is 0 Å². The Balaban J connectivity index is 1.84. The number of para-hydroxylation sites is 1. The minimum absolute atomic E-state index is 0.0296. The number of piperazine rings is 1. The van der Waals surface area contributed by atoms with Crippen LogP contribution in [0.5, 0.6) is 0 Å². The van der Waals surface area contributed by atoms with Gasteiger partial charge < -0.3 is 9.80 Å². The number of carbonyl (C=O) groups excluding carboxylic acids is 1. The van der Waals surface area contributed by atoms with E-state index >= 15 is 0 Å². The van der Waals surface area contributed by atoms with Crippen molar-refractivity contribution in [1.82, 2.24) is 19.4 Å². The number of nitrogens with zero attached hydrogens (tertiary/aromatic N) is 4. The summed E-state index contributed by atoms with van der Waals surface area (Å²) in [5.74, 6) is 0.437. The molecule has 0 radical (unpaired) electrons. The van der Waals surface area contributed by atoms with E-state index in [4.69, 9.17) is 4.98 Å². The van der Waals surface area contributed by atoms with Gasteiger partial charge in [-0.15, -0.1) is 0 Å². The van der Waals surface area contributed by atoms with E-state index in [9.17, 15) is 9.59 Å². The van der Waals surface area contributed by atoms with E-state index in [1.165, 1.54) is 11.8 Å². The fraction of sp³-hybridized carbons (Fsp3) is 0.571. The SMILES string of the molecule is CCN1CCN(C(=O)[C@@H](C)Sc2nc3ccccc3c(=O)n2CC(C)C)CC1. The monoisotopic (exact) mass is 402 g/mol. The van der Waals surface area contributed by atoms with Gasteiger partial charge in [-0.25, -0.2) is 4.98 Å². The second kappa shape index (κ2) is 9.09. The van der Waals surface area contributed by atoms with Gasteiger partial charge in [0.15, 0.2) is 5.16 Å². The highest BCUT2D eigenvalue weighted by Crippen LogP contribution is 2.25. The standard InChI is InChI=1S/C21H30N4O2S/c1-5-23-10-12-24(13-11-23)19(26)16(4)28-21-22-18-9-7-6-8-17(18)20(27)25(21)14-15(2)3/h6-9,15-16H,5,10-14H2,1-4H3/t16-/m1/s1. The number of benzene rings is 1. The number of carbonyl (C=O) groups is 1. The lowest BCUT2D eigenvalue weighted by Gasteiger charge is -2.35. The maximum atomic E-state index is 13.0. The molecule has 1 aromatic heterocycles. The molecule has 7 heteroatoms. The van der Waals surface area contributed by atoms with Gasteiger partial charge in [0, 0.05) is 32.7 Å². The largest absolute Gasteiger partial charge is 0.339 e. The molecule has 0 bridgehead atoms. The average Bonchev–Trinajstić information content (AvgIpc) is 2.70. The van der Waals surface area contributed by atoms with Crippen LogP contribution < -0.4 is 5.56 Å². The third kappa shape index (κ3) is 4.58. The van der Waals surface area contributed by atoms with Crippen LogP contribution in [0.4, 0.5) is 0 Å². The Morgan fingerprint density at radius 3 is 2.46 bits per heavy atom. The Bertz CT molecular complexity index is 888. The quantitative estimate of drug-likeness (QED) is 0.549. The van der Waals surface area contributed by atoms with Gasteiger partial charge in [-0.05, 0) is 31.5 Å². The van der Waals surface area contributed by atoms with Crippen LogP contribution in [0.3, 0.4) is 0 Å². The van der Waals surface area contributed by atoms with Gasteiger partial charge in [-0.3, -0.25) is 14.2 Å². The Hall–Kier alpha value is -1.86. The van der Waals surface area contributed by atoms with Gasteiger partial charge >= 0.3 is 0 Å². The van der Waals surface area contributed by atoms with Gasteiger partial charge in [0.05, 0.1) is 16.2 Å². The first-order chi connectivity index (χ1) is 13.4. The first kappa shape index (κ1) is 20.9. The summed E-state index contributed by atoms with van der Waals surface area (Å²) >= 11 is 1.40. The normalized spacial score (nSPS) is 16.7. The molecule has 2 aromatic rings. The molecule has 28 heavy (non-hydrogen) atoms. The molecule has 1 aromatic carbocycles. The molecular weight excluding hydrogens is 372 g/mol.